The fourth-order valence-electron chi connectivity index (χ4n) is 3.39. The smallest absolute Gasteiger partial charge is 0.208 e. The molecule has 2 aromatic rings. The number of nitrogens with one attached hydrogen (secondary N) is 1. The molecule has 3 heterocycles. The summed E-state index contributed by atoms with van der Waals surface area (Å²) < 4.78 is 27.4. The van der Waals surface area contributed by atoms with Crippen LogP contribution in [0.15, 0.2) is 30.6 Å². The summed E-state index contributed by atoms with van der Waals surface area (Å²) in [5, 5.41) is 9.54. The molecular weight excluding hydrogens is 324 g/mol. The molecule has 128 valence electrons. The highest BCUT2D eigenvalue weighted by Crippen LogP contribution is 2.24. The van der Waals surface area contributed by atoms with Gasteiger partial charge in [0.1, 0.15) is 6.07 Å². The number of nitrogens with zero attached hydrogens (tertiary/aromatic N) is 3. The third-order valence-electron chi connectivity index (χ3n) is 4.58. The molecule has 0 saturated carbocycles. The number of fused-ring (bicyclic) bond motifs is 1. The number of rotatable bonds is 5. The van der Waals surface area contributed by atoms with Crippen molar-refractivity contribution >= 4 is 15.5 Å². The zero-order valence-corrected chi connectivity index (χ0v) is 14.6. The zero-order chi connectivity index (χ0) is 17.2. The Morgan fingerprint density at radius 1 is 1.38 bits per heavy atom. The fraction of sp³-hybridized carbons (Fsp3) is 0.471. The van der Waals surface area contributed by atoms with E-state index < -0.39 is 10.0 Å². The van der Waals surface area contributed by atoms with Gasteiger partial charge in [-0.3, -0.25) is 4.90 Å². The van der Waals surface area contributed by atoms with E-state index in [2.05, 4.69) is 15.7 Å². The predicted molar refractivity (Wildman–Crippen MR) is 93.0 cm³/mol. The van der Waals surface area contributed by atoms with Gasteiger partial charge >= 0.3 is 0 Å². The highest BCUT2D eigenvalue weighted by Gasteiger charge is 2.24. The summed E-state index contributed by atoms with van der Waals surface area (Å²) in [6.45, 7) is 2.02. The van der Waals surface area contributed by atoms with Crippen LogP contribution in [0.4, 0.5) is 0 Å². The maximum absolute atomic E-state index is 11.4. The lowest BCUT2D eigenvalue weighted by Crippen LogP contribution is -2.46. The molecule has 7 heteroatoms. The minimum Gasteiger partial charge on any atom is -0.322 e. The first-order chi connectivity index (χ1) is 11.5. The molecule has 6 nitrogen and oxygen atoms in total. The van der Waals surface area contributed by atoms with E-state index in [0.29, 0.717) is 18.7 Å². The Bertz CT molecular complexity index is 866. The van der Waals surface area contributed by atoms with Crippen LogP contribution in [0.5, 0.6) is 0 Å². The van der Waals surface area contributed by atoms with Gasteiger partial charge in [0.05, 0.1) is 17.3 Å². The van der Waals surface area contributed by atoms with Crippen molar-refractivity contribution in [1.29, 1.82) is 5.26 Å². The van der Waals surface area contributed by atoms with Crippen LogP contribution in [-0.2, 0) is 16.6 Å². The standard InChI is InChI=1S/C17H22N4O2S/c1-24(22,23)19-11-15-6-2-4-8-20(15)12-14-13-21-9-5-3-7-17(21)16(14)10-18/h3,5,7,9,13,15,19H,2,4,6,8,11-12H2,1H3/t15-/m1/s1. The molecule has 0 amide bonds. The lowest BCUT2D eigenvalue weighted by Gasteiger charge is -2.35. The predicted octanol–water partition coefficient (Wildman–Crippen LogP) is 1.71. The molecule has 1 atom stereocenters. The molecule has 1 fully saturated rings. The Hall–Kier alpha value is -1.88. The highest BCUT2D eigenvalue weighted by molar-refractivity contribution is 7.88. The van der Waals surface area contributed by atoms with Crippen LogP contribution in [0, 0.1) is 11.3 Å². The number of hydrogen-bond acceptors (Lipinski definition) is 4. The molecule has 3 rings (SSSR count). The highest BCUT2D eigenvalue weighted by atomic mass is 32.2. The van der Waals surface area contributed by atoms with E-state index in [9.17, 15) is 13.7 Å². The van der Waals surface area contributed by atoms with Gasteiger partial charge in [0.2, 0.25) is 10.0 Å². The molecule has 0 unspecified atom stereocenters. The van der Waals surface area contributed by atoms with Gasteiger partial charge in [-0.2, -0.15) is 5.26 Å². The van der Waals surface area contributed by atoms with E-state index in [1.807, 2.05) is 35.0 Å². The van der Waals surface area contributed by atoms with Crippen LogP contribution in [0.2, 0.25) is 0 Å². The van der Waals surface area contributed by atoms with Crippen molar-refractivity contribution in [2.45, 2.75) is 31.8 Å². The Morgan fingerprint density at radius 2 is 2.21 bits per heavy atom. The maximum atomic E-state index is 11.4. The van der Waals surface area contributed by atoms with E-state index in [1.165, 1.54) is 6.26 Å². The van der Waals surface area contributed by atoms with Crippen molar-refractivity contribution in [2.24, 2.45) is 0 Å². The van der Waals surface area contributed by atoms with Crippen molar-refractivity contribution in [3.63, 3.8) is 0 Å². The first kappa shape index (κ1) is 17.0. The summed E-state index contributed by atoms with van der Waals surface area (Å²) in [6.07, 6.45) is 8.31. The Kier molecular flexibility index (Phi) is 4.90. The minimum absolute atomic E-state index is 0.169. The van der Waals surface area contributed by atoms with Crippen LogP contribution in [0.3, 0.4) is 0 Å². The van der Waals surface area contributed by atoms with E-state index >= 15 is 0 Å². The van der Waals surface area contributed by atoms with Crippen LogP contribution < -0.4 is 4.72 Å². The summed E-state index contributed by atoms with van der Waals surface area (Å²) in [5.41, 5.74) is 2.61. The first-order valence-electron chi connectivity index (χ1n) is 8.15. The Labute approximate surface area is 142 Å². The van der Waals surface area contributed by atoms with E-state index in [4.69, 9.17) is 0 Å². The first-order valence-corrected chi connectivity index (χ1v) is 10.0. The molecular formula is C17H22N4O2S. The lowest BCUT2D eigenvalue weighted by molar-refractivity contribution is 0.142. The van der Waals surface area contributed by atoms with Gasteiger partial charge in [-0.25, -0.2) is 13.1 Å². The molecule has 0 bridgehead atoms. The second-order valence-electron chi connectivity index (χ2n) is 6.37. The van der Waals surface area contributed by atoms with E-state index in [-0.39, 0.29) is 6.04 Å². The van der Waals surface area contributed by atoms with Gasteiger partial charge in [0.15, 0.2) is 0 Å². The summed E-state index contributed by atoms with van der Waals surface area (Å²) in [4.78, 5) is 2.29. The van der Waals surface area contributed by atoms with Gasteiger partial charge < -0.3 is 4.40 Å². The molecule has 1 aliphatic heterocycles. The van der Waals surface area contributed by atoms with Gasteiger partial charge in [0, 0.05) is 37.1 Å². The molecule has 1 aliphatic rings. The number of sulfonamides is 1. The number of piperidine rings is 1. The number of hydrogen-bond donors (Lipinski definition) is 1. The largest absolute Gasteiger partial charge is 0.322 e. The van der Waals surface area contributed by atoms with Crippen molar-refractivity contribution in [3.05, 3.63) is 41.7 Å². The summed E-state index contributed by atoms with van der Waals surface area (Å²) >= 11 is 0. The number of pyridine rings is 1. The summed E-state index contributed by atoms with van der Waals surface area (Å²) in [7, 11) is -3.19. The molecule has 2 aromatic heterocycles. The summed E-state index contributed by atoms with van der Waals surface area (Å²) in [5.74, 6) is 0. The molecule has 1 N–H and O–H groups in total. The van der Waals surface area contributed by atoms with E-state index in [1.54, 1.807) is 0 Å². The molecule has 0 aromatic carbocycles. The van der Waals surface area contributed by atoms with Crippen LogP contribution in [-0.4, -0.2) is 43.1 Å². The fourth-order valence-corrected chi connectivity index (χ4v) is 3.89. The van der Waals surface area contributed by atoms with E-state index in [0.717, 1.165) is 36.9 Å². The van der Waals surface area contributed by atoms with Crippen molar-refractivity contribution in [1.82, 2.24) is 14.0 Å². The van der Waals surface area contributed by atoms with Crippen molar-refractivity contribution < 1.29 is 8.42 Å². The summed E-state index contributed by atoms with van der Waals surface area (Å²) in [6, 6.07) is 8.31. The van der Waals surface area contributed by atoms with Crippen LogP contribution in [0.25, 0.3) is 5.52 Å². The molecule has 0 spiro atoms. The van der Waals surface area contributed by atoms with Crippen molar-refractivity contribution in [2.75, 3.05) is 19.3 Å². The molecule has 1 saturated heterocycles. The second kappa shape index (κ2) is 6.93. The number of aromatic nitrogens is 1. The third kappa shape index (κ3) is 3.78. The third-order valence-corrected chi connectivity index (χ3v) is 5.27. The second-order valence-corrected chi connectivity index (χ2v) is 8.21. The monoisotopic (exact) mass is 346 g/mol. The van der Waals surface area contributed by atoms with Gasteiger partial charge in [-0.05, 0) is 31.5 Å². The maximum Gasteiger partial charge on any atom is 0.208 e. The average molecular weight is 346 g/mol. The number of nitriles is 1. The topological polar surface area (TPSA) is 77.6 Å². The average Bonchev–Trinajstić information content (AvgIpc) is 2.90. The lowest BCUT2D eigenvalue weighted by atomic mass is 10.0. The number of likely N-dealkylation sites (tertiary alicyclic amines) is 1. The SMILES string of the molecule is CS(=O)(=O)NC[C@H]1CCCCN1Cc1cn2ccccc2c1C#N. The normalized spacial score (nSPS) is 19.4. The van der Waals surface area contributed by atoms with Crippen LogP contribution >= 0.6 is 0 Å². The minimum atomic E-state index is -3.19. The van der Waals surface area contributed by atoms with Crippen LogP contribution in [0.1, 0.15) is 30.4 Å². The van der Waals surface area contributed by atoms with Gasteiger partial charge in [0.25, 0.3) is 0 Å². The molecule has 0 radical (unpaired) electrons. The molecule has 0 aliphatic carbocycles. The molecule has 24 heavy (non-hydrogen) atoms. The van der Waals surface area contributed by atoms with Crippen molar-refractivity contribution in [3.8, 4) is 6.07 Å². The van der Waals surface area contributed by atoms with Gasteiger partial charge in [-0.15, -0.1) is 0 Å². The quantitative estimate of drug-likeness (QED) is 0.894. The Morgan fingerprint density at radius 3 is 2.96 bits per heavy atom. The Balaban J connectivity index is 1.82. The van der Waals surface area contributed by atoms with Gasteiger partial charge in [-0.1, -0.05) is 12.5 Å². The zero-order valence-electron chi connectivity index (χ0n) is 13.8.